The second kappa shape index (κ2) is 5.24. The van der Waals surface area contributed by atoms with E-state index >= 15 is 0 Å². The highest BCUT2D eigenvalue weighted by molar-refractivity contribution is 5.42. The van der Waals surface area contributed by atoms with Crippen LogP contribution in [-0.2, 0) is 6.61 Å². The second-order valence-corrected chi connectivity index (χ2v) is 5.42. The molecule has 0 radical (unpaired) electrons. The molecule has 1 aliphatic carbocycles. The van der Waals surface area contributed by atoms with Crippen LogP contribution in [0.1, 0.15) is 36.9 Å². The Hall–Kier alpha value is -1.13. The van der Waals surface area contributed by atoms with Gasteiger partial charge in [-0.05, 0) is 37.5 Å². The lowest BCUT2D eigenvalue weighted by Gasteiger charge is -2.29. The molecule has 18 heavy (non-hydrogen) atoms. The summed E-state index contributed by atoms with van der Waals surface area (Å²) in [6, 6.07) is 3.76. The van der Waals surface area contributed by atoms with E-state index in [-0.39, 0.29) is 6.61 Å². The number of hydrogen-bond donors (Lipinski definition) is 2. The lowest BCUT2D eigenvalue weighted by Crippen LogP contribution is -2.39. The van der Waals surface area contributed by atoms with Crippen LogP contribution < -0.4 is 4.90 Å². The van der Waals surface area contributed by atoms with Crippen LogP contribution in [0.2, 0.25) is 0 Å². The molecule has 2 rings (SSSR count). The summed E-state index contributed by atoms with van der Waals surface area (Å²) in [5, 5.41) is 19.6. The zero-order valence-electron chi connectivity index (χ0n) is 11.2. The Labute approximate surface area is 108 Å². The normalized spacial score (nSPS) is 18.0. The number of pyridine rings is 1. The van der Waals surface area contributed by atoms with Crippen LogP contribution in [0.25, 0.3) is 0 Å². The van der Waals surface area contributed by atoms with Crippen molar-refractivity contribution in [2.45, 2.75) is 44.8 Å². The molecule has 0 bridgehead atoms. The molecule has 0 amide bonds. The summed E-state index contributed by atoms with van der Waals surface area (Å²) in [6.45, 7) is 2.55. The molecular weight excluding hydrogens is 228 g/mol. The summed E-state index contributed by atoms with van der Waals surface area (Å²) >= 11 is 0. The first-order valence-electron chi connectivity index (χ1n) is 6.54. The van der Waals surface area contributed by atoms with Crippen LogP contribution in [-0.4, -0.2) is 34.4 Å². The zero-order valence-corrected chi connectivity index (χ0v) is 11.2. The molecule has 2 N–H and O–H groups in total. The van der Waals surface area contributed by atoms with E-state index in [1.54, 1.807) is 0 Å². The van der Waals surface area contributed by atoms with Gasteiger partial charge in [0.15, 0.2) is 0 Å². The quantitative estimate of drug-likeness (QED) is 0.852. The molecule has 0 atom stereocenters. The van der Waals surface area contributed by atoms with Gasteiger partial charge in [-0.1, -0.05) is 12.8 Å². The molecule has 1 saturated carbocycles. The van der Waals surface area contributed by atoms with Gasteiger partial charge in [0.25, 0.3) is 0 Å². The van der Waals surface area contributed by atoms with Gasteiger partial charge in [0.2, 0.25) is 0 Å². The van der Waals surface area contributed by atoms with Crippen molar-refractivity contribution in [1.82, 2.24) is 4.98 Å². The predicted molar refractivity (Wildman–Crippen MR) is 71.6 cm³/mol. The Balaban J connectivity index is 2.12. The average molecular weight is 250 g/mol. The van der Waals surface area contributed by atoms with Gasteiger partial charge in [-0.15, -0.1) is 0 Å². The Bertz CT molecular complexity index is 414. The monoisotopic (exact) mass is 250 g/mol. The lowest BCUT2D eigenvalue weighted by molar-refractivity contribution is 0.0558. The molecule has 1 aromatic heterocycles. The number of rotatable bonds is 4. The number of aliphatic hydroxyl groups excluding tert-OH is 1. The fourth-order valence-electron chi connectivity index (χ4n) is 2.72. The van der Waals surface area contributed by atoms with E-state index in [9.17, 15) is 10.2 Å². The van der Waals surface area contributed by atoms with E-state index < -0.39 is 5.60 Å². The van der Waals surface area contributed by atoms with Crippen molar-refractivity contribution in [2.24, 2.45) is 0 Å². The third-order valence-corrected chi connectivity index (χ3v) is 3.64. The van der Waals surface area contributed by atoms with Crippen molar-refractivity contribution in [2.75, 3.05) is 18.5 Å². The third kappa shape index (κ3) is 3.00. The van der Waals surface area contributed by atoms with Crippen molar-refractivity contribution >= 4 is 5.82 Å². The van der Waals surface area contributed by atoms with Gasteiger partial charge in [0, 0.05) is 19.3 Å². The van der Waals surface area contributed by atoms with Gasteiger partial charge in [0.05, 0.1) is 12.2 Å². The molecule has 100 valence electrons. The van der Waals surface area contributed by atoms with Crippen LogP contribution in [0.5, 0.6) is 0 Å². The standard InChI is InChI=1S/C14H22N2O2/c1-11-7-12(9-17)8-13(15-11)16(2)10-14(18)5-3-4-6-14/h7-8,17-18H,3-6,9-10H2,1-2H3. The highest BCUT2D eigenvalue weighted by Crippen LogP contribution is 2.31. The Morgan fingerprint density at radius 2 is 2.00 bits per heavy atom. The summed E-state index contributed by atoms with van der Waals surface area (Å²) in [4.78, 5) is 6.44. The van der Waals surface area contributed by atoms with Crippen molar-refractivity contribution in [3.8, 4) is 0 Å². The molecule has 0 unspecified atom stereocenters. The van der Waals surface area contributed by atoms with Crippen molar-refractivity contribution in [3.05, 3.63) is 23.4 Å². The summed E-state index contributed by atoms with van der Waals surface area (Å²) in [5.41, 5.74) is 1.18. The summed E-state index contributed by atoms with van der Waals surface area (Å²) in [7, 11) is 1.94. The van der Waals surface area contributed by atoms with Gasteiger partial charge in [0.1, 0.15) is 5.82 Å². The van der Waals surface area contributed by atoms with E-state index in [0.29, 0.717) is 6.54 Å². The Morgan fingerprint density at radius 1 is 1.33 bits per heavy atom. The molecule has 1 aromatic rings. The lowest BCUT2D eigenvalue weighted by atomic mass is 10.0. The van der Waals surface area contributed by atoms with Crippen molar-refractivity contribution < 1.29 is 10.2 Å². The Morgan fingerprint density at radius 3 is 2.61 bits per heavy atom. The number of likely N-dealkylation sites (N-methyl/N-ethyl adjacent to an activating group) is 1. The molecule has 1 aliphatic rings. The minimum absolute atomic E-state index is 0.0223. The molecule has 0 aromatic carbocycles. The maximum absolute atomic E-state index is 10.4. The SMILES string of the molecule is Cc1cc(CO)cc(N(C)CC2(O)CCCC2)n1. The second-order valence-electron chi connectivity index (χ2n) is 5.42. The van der Waals surface area contributed by atoms with Crippen LogP contribution in [0.4, 0.5) is 5.82 Å². The van der Waals surface area contributed by atoms with Crippen LogP contribution in [0.3, 0.4) is 0 Å². The van der Waals surface area contributed by atoms with E-state index in [1.807, 2.05) is 31.0 Å². The first kappa shape index (κ1) is 13.3. The fourth-order valence-corrected chi connectivity index (χ4v) is 2.72. The molecule has 1 heterocycles. The van der Waals surface area contributed by atoms with Crippen LogP contribution in [0.15, 0.2) is 12.1 Å². The van der Waals surface area contributed by atoms with Gasteiger partial charge in [-0.3, -0.25) is 0 Å². The predicted octanol–water partition coefficient (Wildman–Crippen LogP) is 1.62. The maximum Gasteiger partial charge on any atom is 0.128 e. The molecule has 0 saturated heterocycles. The number of aromatic nitrogens is 1. The number of nitrogens with zero attached hydrogens (tertiary/aromatic N) is 2. The third-order valence-electron chi connectivity index (χ3n) is 3.64. The Kier molecular flexibility index (Phi) is 3.88. The maximum atomic E-state index is 10.4. The minimum atomic E-state index is -0.570. The van der Waals surface area contributed by atoms with E-state index in [2.05, 4.69) is 4.98 Å². The summed E-state index contributed by atoms with van der Waals surface area (Å²) in [6.07, 6.45) is 3.95. The van der Waals surface area contributed by atoms with Gasteiger partial charge < -0.3 is 15.1 Å². The first-order chi connectivity index (χ1) is 8.52. The average Bonchev–Trinajstić information content (AvgIpc) is 2.74. The molecule has 4 heteroatoms. The van der Waals surface area contributed by atoms with Crippen molar-refractivity contribution in [3.63, 3.8) is 0 Å². The molecule has 1 fully saturated rings. The van der Waals surface area contributed by atoms with Crippen LogP contribution >= 0.6 is 0 Å². The highest BCUT2D eigenvalue weighted by Gasteiger charge is 2.32. The smallest absolute Gasteiger partial charge is 0.128 e. The summed E-state index contributed by atoms with van der Waals surface area (Å²) < 4.78 is 0. The number of aliphatic hydroxyl groups is 2. The topological polar surface area (TPSA) is 56.6 Å². The molecule has 0 aliphatic heterocycles. The highest BCUT2D eigenvalue weighted by atomic mass is 16.3. The number of aryl methyl sites for hydroxylation is 1. The first-order valence-corrected chi connectivity index (χ1v) is 6.54. The summed E-state index contributed by atoms with van der Waals surface area (Å²) in [5.74, 6) is 0.819. The largest absolute Gasteiger partial charge is 0.392 e. The number of hydrogen-bond acceptors (Lipinski definition) is 4. The molecule has 0 spiro atoms. The van der Waals surface area contributed by atoms with Crippen molar-refractivity contribution in [1.29, 1.82) is 0 Å². The zero-order chi connectivity index (χ0) is 13.2. The van der Waals surface area contributed by atoms with Crippen LogP contribution in [0, 0.1) is 6.92 Å². The van der Waals surface area contributed by atoms with E-state index in [4.69, 9.17) is 0 Å². The van der Waals surface area contributed by atoms with Gasteiger partial charge >= 0.3 is 0 Å². The van der Waals surface area contributed by atoms with Gasteiger partial charge in [-0.2, -0.15) is 0 Å². The molecule has 4 nitrogen and oxygen atoms in total. The van der Waals surface area contributed by atoms with E-state index in [0.717, 1.165) is 42.8 Å². The van der Waals surface area contributed by atoms with Gasteiger partial charge in [-0.25, -0.2) is 4.98 Å². The van der Waals surface area contributed by atoms with E-state index in [1.165, 1.54) is 0 Å². The molecular formula is C14H22N2O2. The fraction of sp³-hybridized carbons (Fsp3) is 0.643. The number of anilines is 1. The minimum Gasteiger partial charge on any atom is -0.392 e.